The lowest BCUT2D eigenvalue weighted by atomic mass is 9.90. The largest absolute Gasteiger partial charge is 0.327 e. The summed E-state index contributed by atoms with van der Waals surface area (Å²) >= 11 is 0. The van der Waals surface area contributed by atoms with E-state index < -0.39 is 11.9 Å². The maximum absolute atomic E-state index is 13.4. The van der Waals surface area contributed by atoms with Gasteiger partial charge in [0.25, 0.3) is 5.56 Å². The second kappa shape index (κ2) is 8.58. The van der Waals surface area contributed by atoms with Crippen LogP contribution in [0.15, 0.2) is 71.4 Å². The van der Waals surface area contributed by atoms with Gasteiger partial charge in [0.15, 0.2) is 5.78 Å². The van der Waals surface area contributed by atoms with Gasteiger partial charge in [0.05, 0.1) is 24.1 Å². The minimum atomic E-state index is -0.676. The summed E-state index contributed by atoms with van der Waals surface area (Å²) in [7, 11) is 1.56. The van der Waals surface area contributed by atoms with Crippen LogP contribution < -0.4 is 10.9 Å². The summed E-state index contributed by atoms with van der Waals surface area (Å²) in [5, 5.41) is 2.80. The van der Waals surface area contributed by atoms with E-state index >= 15 is 0 Å². The number of H-pyrrole nitrogens is 1. The molecule has 2 aromatic carbocycles. The van der Waals surface area contributed by atoms with Gasteiger partial charge in [-0.25, -0.2) is 9.18 Å². The van der Waals surface area contributed by atoms with Crippen molar-refractivity contribution in [2.45, 2.75) is 19.4 Å². The van der Waals surface area contributed by atoms with Gasteiger partial charge in [-0.15, -0.1) is 0 Å². The Kier molecular flexibility index (Phi) is 5.68. The fourth-order valence-electron chi connectivity index (χ4n) is 3.62. The molecule has 3 aromatic rings. The lowest BCUT2D eigenvalue weighted by Gasteiger charge is -2.30. The first kappa shape index (κ1) is 21.2. The van der Waals surface area contributed by atoms with Crippen molar-refractivity contribution in [2.24, 2.45) is 0 Å². The number of halogens is 1. The van der Waals surface area contributed by atoms with E-state index in [2.05, 4.69) is 15.3 Å². The maximum Gasteiger partial charge on any atom is 0.321 e. The van der Waals surface area contributed by atoms with Gasteiger partial charge in [-0.2, -0.15) is 0 Å². The Labute approximate surface area is 183 Å². The number of carbonyl (C=O) groups is 2. The van der Waals surface area contributed by atoms with Crippen LogP contribution in [0.25, 0.3) is 11.3 Å². The van der Waals surface area contributed by atoms with Crippen molar-refractivity contribution in [1.82, 2.24) is 20.2 Å². The number of nitrogens with zero attached hydrogens (tertiary/aromatic N) is 2. The first-order chi connectivity index (χ1) is 15.3. The van der Waals surface area contributed by atoms with Gasteiger partial charge in [0, 0.05) is 25.2 Å². The lowest BCUT2D eigenvalue weighted by molar-refractivity contribution is -0.115. The van der Waals surface area contributed by atoms with Crippen molar-refractivity contribution in [2.75, 3.05) is 7.05 Å². The number of amides is 2. The second-order valence-corrected chi connectivity index (χ2v) is 7.68. The summed E-state index contributed by atoms with van der Waals surface area (Å²) in [5.41, 5.74) is 3.70. The van der Waals surface area contributed by atoms with E-state index in [1.54, 1.807) is 25.4 Å². The highest BCUT2D eigenvalue weighted by Gasteiger charge is 2.30. The Balaban J connectivity index is 1.66. The highest BCUT2D eigenvalue weighted by atomic mass is 19.1. The summed E-state index contributed by atoms with van der Waals surface area (Å²) in [4.78, 5) is 45.1. The number of ketones is 1. The van der Waals surface area contributed by atoms with E-state index in [9.17, 15) is 18.8 Å². The molecule has 0 fully saturated rings. The van der Waals surface area contributed by atoms with Crippen molar-refractivity contribution in [3.8, 4) is 11.3 Å². The number of aromatic nitrogens is 2. The molecule has 0 aliphatic carbocycles. The van der Waals surface area contributed by atoms with Crippen LogP contribution in [0.2, 0.25) is 0 Å². The minimum Gasteiger partial charge on any atom is -0.327 e. The van der Waals surface area contributed by atoms with Crippen molar-refractivity contribution < 1.29 is 14.0 Å². The van der Waals surface area contributed by atoms with Crippen LogP contribution in [0.1, 0.15) is 22.7 Å². The summed E-state index contributed by atoms with van der Waals surface area (Å²) in [6.07, 6.45) is 4.36. The van der Waals surface area contributed by atoms with E-state index in [0.29, 0.717) is 16.8 Å². The third-order valence-corrected chi connectivity index (χ3v) is 5.42. The van der Waals surface area contributed by atoms with E-state index in [0.717, 1.165) is 16.7 Å². The zero-order chi connectivity index (χ0) is 22.8. The van der Waals surface area contributed by atoms with E-state index in [1.807, 2.05) is 25.1 Å². The quantitative estimate of drug-likeness (QED) is 0.647. The molecule has 0 spiro atoms. The Morgan fingerprint density at radius 3 is 2.59 bits per heavy atom. The van der Waals surface area contributed by atoms with Crippen LogP contribution in [0, 0.1) is 12.7 Å². The van der Waals surface area contributed by atoms with Crippen molar-refractivity contribution in [3.63, 3.8) is 0 Å². The van der Waals surface area contributed by atoms with Gasteiger partial charge >= 0.3 is 6.03 Å². The first-order valence-corrected chi connectivity index (χ1v) is 10.00. The molecule has 8 heteroatoms. The SMILES string of the molecule is Cc1ccc(-c2cncc(=O)[nH]2)cc1CC(=O)C1=CN(C)C(=O)N[C@H]1c1ccc(F)cc1. The minimum absolute atomic E-state index is 0.0946. The number of benzene rings is 2. The number of aromatic amines is 1. The molecule has 7 nitrogen and oxygen atoms in total. The zero-order valence-corrected chi connectivity index (χ0v) is 17.6. The van der Waals surface area contributed by atoms with Gasteiger partial charge in [-0.3, -0.25) is 14.6 Å². The topological polar surface area (TPSA) is 95.2 Å². The van der Waals surface area contributed by atoms with Gasteiger partial charge in [-0.05, 0) is 47.4 Å². The summed E-state index contributed by atoms with van der Waals surface area (Å²) in [5.74, 6) is -0.572. The van der Waals surface area contributed by atoms with Crippen LogP contribution in [0.5, 0.6) is 0 Å². The molecule has 1 aliphatic heterocycles. The first-order valence-electron chi connectivity index (χ1n) is 10.00. The van der Waals surface area contributed by atoms with E-state index in [1.165, 1.54) is 29.4 Å². The molecule has 162 valence electrons. The van der Waals surface area contributed by atoms with Crippen molar-refractivity contribution >= 4 is 11.8 Å². The fourth-order valence-corrected chi connectivity index (χ4v) is 3.62. The molecule has 4 rings (SSSR count). The molecule has 1 aliphatic rings. The Morgan fingerprint density at radius 2 is 1.88 bits per heavy atom. The smallest absolute Gasteiger partial charge is 0.321 e. The Hall–Kier alpha value is -4.07. The molecule has 0 bridgehead atoms. The molecule has 32 heavy (non-hydrogen) atoms. The lowest BCUT2D eigenvalue weighted by Crippen LogP contribution is -2.43. The average molecular weight is 432 g/mol. The molecule has 2 amide bonds. The number of aryl methyl sites for hydroxylation is 1. The normalized spacial score (nSPS) is 15.8. The average Bonchev–Trinajstić information content (AvgIpc) is 2.77. The third-order valence-electron chi connectivity index (χ3n) is 5.42. The molecule has 0 saturated carbocycles. The number of hydrogen-bond donors (Lipinski definition) is 2. The van der Waals surface area contributed by atoms with Gasteiger partial charge in [0.2, 0.25) is 0 Å². The molecule has 2 N–H and O–H groups in total. The molecule has 2 heterocycles. The number of rotatable bonds is 5. The Morgan fingerprint density at radius 1 is 1.12 bits per heavy atom. The third kappa shape index (κ3) is 4.34. The summed E-state index contributed by atoms with van der Waals surface area (Å²) < 4.78 is 13.4. The van der Waals surface area contributed by atoms with Crippen LogP contribution >= 0.6 is 0 Å². The monoisotopic (exact) mass is 432 g/mol. The standard InChI is InChI=1S/C24H21FN4O3/c1-14-3-4-16(20-11-26-12-22(31)27-20)9-17(14)10-21(30)19-13-29(2)24(32)28-23(19)15-5-7-18(25)8-6-15/h3-9,11-13,23H,10H2,1-2H3,(H,27,31)(H,28,32)/t23-/m0/s1. The maximum atomic E-state index is 13.4. The number of Topliss-reactive ketones (excluding diaryl/α,β-unsaturated/α-hetero) is 1. The molecule has 0 radical (unpaired) electrons. The molecule has 0 unspecified atom stereocenters. The highest BCUT2D eigenvalue weighted by molar-refractivity contribution is 6.00. The van der Waals surface area contributed by atoms with Gasteiger partial charge in [0.1, 0.15) is 5.82 Å². The van der Waals surface area contributed by atoms with Gasteiger partial charge < -0.3 is 15.2 Å². The predicted octanol–water partition coefficient (Wildman–Crippen LogP) is 3.28. The van der Waals surface area contributed by atoms with E-state index in [4.69, 9.17) is 0 Å². The number of carbonyl (C=O) groups excluding carboxylic acids is 2. The van der Waals surface area contributed by atoms with Crippen LogP contribution in [0.4, 0.5) is 9.18 Å². The van der Waals surface area contributed by atoms with Crippen LogP contribution in [-0.4, -0.2) is 33.7 Å². The van der Waals surface area contributed by atoms with E-state index in [-0.39, 0.29) is 23.8 Å². The molecular weight excluding hydrogens is 411 g/mol. The molecule has 1 atom stereocenters. The van der Waals surface area contributed by atoms with Crippen molar-refractivity contribution in [3.05, 3.63) is 99.5 Å². The predicted molar refractivity (Wildman–Crippen MR) is 117 cm³/mol. The van der Waals surface area contributed by atoms with Crippen molar-refractivity contribution in [1.29, 1.82) is 0 Å². The second-order valence-electron chi connectivity index (χ2n) is 7.68. The number of hydrogen-bond acceptors (Lipinski definition) is 4. The summed E-state index contributed by atoms with van der Waals surface area (Å²) in [6.45, 7) is 1.90. The molecular formula is C24H21FN4O3. The number of nitrogens with one attached hydrogen (secondary N) is 2. The van der Waals surface area contributed by atoms with Crippen LogP contribution in [-0.2, 0) is 11.2 Å². The molecule has 1 aromatic heterocycles. The fraction of sp³-hybridized carbons (Fsp3) is 0.167. The van der Waals surface area contributed by atoms with Crippen LogP contribution in [0.3, 0.4) is 0 Å². The number of urea groups is 1. The highest BCUT2D eigenvalue weighted by Crippen LogP contribution is 2.28. The molecule has 0 saturated heterocycles. The summed E-state index contributed by atoms with van der Waals surface area (Å²) in [6, 6.07) is 10.2. The zero-order valence-electron chi connectivity index (χ0n) is 17.6. The van der Waals surface area contributed by atoms with Gasteiger partial charge in [-0.1, -0.05) is 24.3 Å². The Bertz CT molecular complexity index is 1280.